The highest BCUT2D eigenvalue weighted by Gasteiger charge is 2.20. The second-order valence-electron chi connectivity index (χ2n) is 7.11. The van der Waals surface area contributed by atoms with E-state index in [1.807, 2.05) is 6.07 Å². The molecule has 1 aliphatic rings. The minimum atomic E-state index is -0.248. The van der Waals surface area contributed by atoms with Gasteiger partial charge in [0.1, 0.15) is 0 Å². The van der Waals surface area contributed by atoms with E-state index in [0.29, 0.717) is 12.4 Å². The van der Waals surface area contributed by atoms with Crippen LogP contribution in [-0.4, -0.2) is 23.2 Å². The Morgan fingerprint density at radius 2 is 2.12 bits per heavy atom. The summed E-state index contributed by atoms with van der Waals surface area (Å²) < 4.78 is 6.87. The van der Waals surface area contributed by atoms with Crippen LogP contribution in [0.5, 0.6) is 5.88 Å². The van der Waals surface area contributed by atoms with Crippen LogP contribution >= 0.6 is 0 Å². The molecule has 2 heterocycles. The molecular formula is C19H25N3O2. The molecule has 1 N–H and O–H groups in total. The number of hydrogen-bond donors (Lipinski definition) is 1. The van der Waals surface area contributed by atoms with E-state index in [-0.39, 0.29) is 11.1 Å². The first-order chi connectivity index (χ1) is 11.4. The molecule has 0 fully saturated rings. The molecule has 24 heavy (non-hydrogen) atoms. The number of nitrogens with one attached hydrogen (secondary N) is 1. The van der Waals surface area contributed by atoms with E-state index in [0.717, 1.165) is 36.3 Å². The lowest BCUT2D eigenvalue weighted by Crippen LogP contribution is -2.28. The van der Waals surface area contributed by atoms with Gasteiger partial charge < -0.3 is 10.1 Å². The van der Waals surface area contributed by atoms with Gasteiger partial charge in [-0.1, -0.05) is 26.8 Å². The molecule has 0 saturated carbocycles. The summed E-state index contributed by atoms with van der Waals surface area (Å²) in [5.74, 6) is 0.367. The Kier molecular flexibility index (Phi) is 4.35. The number of methoxy groups -OCH3 is 1. The Balaban J connectivity index is 1.93. The second kappa shape index (κ2) is 6.30. The van der Waals surface area contributed by atoms with Gasteiger partial charge in [-0.15, -0.1) is 0 Å². The fourth-order valence-electron chi connectivity index (χ4n) is 2.89. The van der Waals surface area contributed by atoms with E-state index in [1.165, 1.54) is 12.7 Å². The summed E-state index contributed by atoms with van der Waals surface area (Å²) in [4.78, 5) is 16.1. The van der Waals surface area contributed by atoms with Crippen molar-refractivity contribution in [2.75, 3.05) is 19.0 Å². The second-order valence-corrected chi connectivity index (χ2v) is 7.11. The summed E-state index contributed by atoms with van der Waals surface area (Å²) >= 11 is 0. The zero-order valence-electron chi connectivity index (χ0n) is 14.8. The highest BCUT2D eigenvalue weighted by Crippen LogP contribution is 2.32. The first kappa shape index (κ1) is 16.6. The van der Waals surface area contributed by atoms with Crippen LogP contribution in [0, 0.1) is 5.41 Å². The number of hydrogen-bond acceptors (Lipinski definition) is 4. The third-order valence-electron chi connectivity index (χ3n) is 4.91. The number of aryl methyl sites for hydroxylation is 1. The molecule has 0 aliphatic carbocycles. The quantitative estimate of drug-likeness (QED) is 0.915. The van der Waals surface area contributed by atoms with E-state index in [4.69, 9.17) is 4.74 Å². The first-order valence-corrected chi connectivity index (χ1v) is 8.46. The molecule has 5 heteroatoms. The lowest BCUT2D eigenvalue weighted by molar-refractivity contribution is 0.377. The molecular weight excluding hydrogens is 302 g/mol. The predicted molar refractivity (Wildman–Crippen MR) is 96.8 cm³/mol. The van der Waals surface area contributed by atoms with Gasteiger partial charge in [-0.2, -0.15) is 4.98 Å². The Hall–Kier alpha value is -2.30. The molecule has 1 aromatic heterocycles. The molecule has 1 aromatic carbocycles. The van der Waals surface area contributed by atoms with Crippen molar-refractivity contribution in [2.45, 2.75) is 40.2 Å². The average molecular weight is 327 g/mol. The molecule has 0 unspecified atom stereocenters. The van der Waals surface area contributed by atoms with Crippen molar-refractivity contribution in [1.29, 1.82) is 0 Å². The van der Waals surface area contributed by atoms with E-state index in [1.54, 1.807) is 4.57 Å². The molecule has 3 rings (SSSR count). The lowest BCUT2D eigenvalue weighted by atomic mass is 9.90. The minimum absolute atomic E-state index is 0.248. The Bertz CT molecular complexity index is 809. The van der Waals surface area contributed by atoms with Crippen LogP contribution in [0.1, 0.15) is 32.8 Å². The predicted octanol–water partition coefficient (Wildman–Crippen LogP) is 3.32. The highest BCUT2D eigenvalue weighted by atomic mass is 16.5. The summed E-state index contributed by atoms with van der Waals surface area (Å²) in [5.41, 5.74) is 4.37. The van der Waals surface area contributed by atoms with E-state index in [9.17, 15) is 4.79 Å². The molecule has 0 amide bonds. The summed E-state index contributed by atoms with van der Waals surface area (Å²) in [6.45, 7) is 8.34. The van der Waals surface area contributed by atoms with Crippen molar-refractivity contribution in [3.05, 3.63) is 40.3 Å². The number of ether oxygens (including phenoxy) is 1. The SMILES string of the molecule is CCC(C)(C)CNc1ccc2c(c1)CCn1c-2cc(OC)nc1=O. The fraction of sp³-hybridized carbons (Fsp3) is 0.474. The molecule has 1 aliphatic heterocycles. The molecule has 2 aromatic rings. The van der Waals surface area contributed by atoms with Crippen LogP contribution in [0.2, 0.25) is 0 Å². The molecule has 0 spiro atoms. The number of benzene rings is 1. The topological polar surface area (TPSA) is 56.1 Å². The number of aromatic nitrogens is 2. The number of anilines is 1. The maximum absolute atomic E-state index is 12.1. The largest absolute Gasteiger partial charge is 0.481 e. The third-order valence-corrected chi connectivity index (χ3v) is 4.91. The molecule has 0 atom stereocenters. The van der Waals surface area contributed by atoms with Gasteiger partial charge in [0.05, 0.1) is 12.8 Å². The molecule has 0 radical (unpaired) electrons. The lowest BCUT2D eigenvalue weighted by Gasteiger charge is -2.25. The Labute approximate surface area is 142 Å². The molecule has 0 bridgehead atoms. The number of rotatable bonds is 5. The average Bonchev–Trinajstić information content (AvgIpc) is 2.59. The monoisotopic (exact) mass is 327 g/mol. The zero-order chi connectivity index (χ0) is 17.3. The standard InChI is InChI=1S/C19H25N3O2/c1-5-19(2,3)12-20-14-6-7-15-13(10-14)8-9-22-16(15)11-17(24-4)21-18(22)23/h6-7,10-11,20H,5,8-9,12H2,1-4H3. The van der Waals surface area contributed by atoms with Gasteiger partial charge in [0.15, 0.2) is 0 Å². The molecule has 128 valence electrons. The van der Waals surface area contributed by atoms with Gasteiger partial charge in [-0.3, -0.25) is 4.57 Å². The van der Waals surface area contributed by atoms with Crippen molar-refractivity contribution in [3.8, 4) is 17.1 Å². The molecule has 0 saturated heterocycles. The Morgan fingerprint density at radius 1 is 1.33 bits per heavy atom. The normalized spacial score (nSPS) is 13.2. The maximum Gasteiger partial charge on any atom is 0.351 e. The summed E-state index contributed by atoms with van der Waals surface area (Å²) in [6, 6.07) is 8.20. The van der Waals surface area contributed by atoms with Gasteiger partial charge >= 0.3 is 5.69 Å². The summed E-state index contributed by atoms with van der Waals surface area (Å²) in [7, 11) is 1.53. The third kappa shape index (κ3) is 3.16. The molecule has 5 nitrogen and oxygen atoms in total. The van der Waals surface area contributed by atoms with Crippen LogP contribution < -0.4 is 15.7 Å². The van der Waals surface area contributed by atoms with Crippen LogP contribution in [0.4, 0.5) is 5.69 Å². The van der Waals surface area contributed by atoms with Crippen LogP contribution in [0.25, 0.3) is 11.3 Å². The maximum atomic E-state index is 12.1. The number of fused-ring (bicyclic) bond motifs is 3. The van der Waals surface area contributed by atoms with Crippen molar-refractivity contribution in [3.63, 3.8) is 0 Å². The van der Waals surface area contributed by atoms with Crippen LogP contribution in [0.15, 0.2) is 29.1 Å². The van der Waals surface area contributed by atoms with Gasteiger partial charge in [0.2, 0.25) is 5.88 Å². The van der Waals surface area contributed by atoms with Crippen LogP contribution in [0.3, 0.4) is 0 Å². The summed E-state index contributed by atoms with van der Waals surface area (Å²) in [6.07, 6.45) is 1.97. The van der Waals surface area contributed by atoms with E-state index >= 15 is 0 Å². The first-order valence-electron chi connectivity index (χ1n) is 8.46. The van der Waals surface area contributed by atoms with Gasteiger partial charge in [0.25, 0.3) is 0 Å². The van der Waals surface area contributed by atoms with Crippen molar-refractivity contribution in [1.82, 2.24) is 9.55 Å². The number of nitrogens with zero attached hydrogens (tertiary/aromatic N) is 2. The van der Waals surface area contributed by atoms with Crippen molar-refractivity contribution in [2.24, 2.45) is 5.41 Å². The Morgan fingerprint density at radius 3 is 2.83 bits per heavy atom. The van der Waals surface area contributed by atoms with E-state index < -0.39 is 0 Å². The van der Waals surface area contributed by atoms with Crippen molar-refractivity contribution < 1.29 is 4.74 Å². The zero-order valence-corrected chi connectivity index (χ0v) is 14.8. The van der Waals surface area contributed by atoms with Crippen LogP contribution in [-0.2, 0) is 13.0 Å². The van der Waals surface area contributed by atoms with Gasteiger partial charge in [-0.05, 0) is 36.0 Å². The van der Waals surface area contributed by atoms with E-state index in [2.05, 4.69) is 49.3 Å². The smallest absolute Gasteiger partial charge is 0.351 e. The van der Waals surface area contributed by atoms with Gasteiger partial charge in [-0.25, -0.2) is 4.79 Å². The highest BCUT2D eigenvalue weighted by molar-refractivity contribution is 5.69. The fourth-order valence-corrected chi connectivity index (χ4v) is 2.89. The summed E-state index contributed by atoms with van der Waals surface area (Å²) in [5, 5.41) is 3.54. The van der Waals surface area contributed by atoms with Crippen molar-refractivity contribution >= 4 is 5.69 Å². The minimum Gasteiger partial charge on any atom is -0.481 e. The van der Waals surface area contributed by atoms with Gasteiger partial charge in [0, 0.05) is 30.4 Å².